The molecule has 0 saturated heterocycles. The molecule has 0 fully saturated rings. The molecule has 3 heterocycles. The maximum atomic E-state index is 8.42. The van der Waals surface area contributed by atoms with Crippen molar-refractivity contribution in [3.05, 3.63) is 338 Å². The van der Waals surface area contributed by atoms with Gasteiger partial charge in [-0.3, -0.25) is 0 Å². The van der Waals surface area contributed by atoms with E-state index in [1.165, 1.54) is 146 Å². The molecule has 3 nitrogen and oxygen atoms in total. The highest BCUT2D eigenvalue weighted by Crippen LogP contribution is 2.60. The predicted molar refractivity (Wildman–Crippen MR) is 490 cm³/mol. The summed E-state index contributed by atoms with van der Waals surface area (Å²) in [5.74, 6) is 0. The van der Waals surface area contributed by atoms with Crippen molar-refractivity contribution in [3.8, 4) is 101 Å². The topological polar surface area (TPSA) is 11.6 Å². The van der Waals surface area contributed by atoms with Crippen molar-refractivity contribution in [2.24, 2.45) is 21.1 Å². The summed E-state index contributed by atoms with van der Waals surface area (Å²) >= 11 is 0. The first-order chi connectivity index (χ1) is 60.5. The Labute approximate surface area is 707 Å². The molecule has 3 aromatic heterocycles. The van der Waals surface area contributed by atoms with Crippen LogP contribution >= 0.6 is 0 Å². The van der Waals surface area contributed by atoms with Gasteiger partial charge in [0, 0.05) is 77.6 Å². The normalized spacial score (nSPS) is 17.7. The third-order valence-electron chi connectivity index (χ3n) is 28.3. The molecular weight excluding hydrogens is 1390 g/mol. The van der Waals surface area contributed by atoms with Gasteiger partial charge in [-0.15, -0.1) is 0 Å². The molecule has 0 aliphatic heterocycles. The molecular formula is C112H116N3+3. The fourth-order valence-electron chi connectivity index (χ4n) is 19.7. The average Bonchev–Trinajstić information content (AvgIpc) is 0.720. The molecule has 3 heteroatoms. The van der Waals surface area contributed by atoms with Gasteiger partial charge in [-0.05, 0) is 298 Å². The van der Waals surface area contributed by atoms with Crippen molar-refractivity contribution < 1.29 is 34.3 Å². The molecule has 12 aromatic carbocycles. The van der Waals surface area contributed by atoms with Gasteiger partial charge in [-0.25, -0.2) is 13.7 Å². The Morgan fingerprint density at radius 2 is 0.635 bits per heavy atom. The van der Waals surface area contributed by atoms with Gasteiger partial charge >= 0.3 is 0 Å². The number of hydrogen-bond donors (Lipinski definition) is 0. The van der Waals surface area contributed by atoms with Crippen LogP contribution in [0.2, 0.25) is 0 Å². The molecule has 576 valence electrons. The first-order valence-electron chi connectivity index (χ1n) is 48.0. The zero-order valence-corrected chi connectivity index (χ0v) is 70.5. The summed E-state index contributed by atoms with van der Waals surface area (Å²) in [4.78, 5) is 0. The van der Waals surface area contributed by atoms with E-state index >= 15 is 0 Å². The summed E-state index contributed by atoms with van der Waals surface area (Å²) in [6.45, 7) is 26.1. The van der Waals surface area contributed by atoms with E-state index in [2.05, 4.69) is 298 Å². The number of rotatable bonds is 6. The molecule has 15 aromatic rings. The predicted octanol–water partition coefficient (Wildman–Crippen LogP) is 27.8. The Morgan fingerprint density at radius 1 is 0.226 bits per heavy atom. The van der Waals surface area contributed by atoms with Gasteiger partial charge in [0.1, 0.15) is 21.1 Å². The molecule has 0 radical (unpaired) electrons. The number of pyridine rings is 3. The smallest absolute Gasteiger partial charge is 0.201 e. The standard InChI is InChI=1S/C38H40N.2C37H38N/c1-23-13-12-14-24(2)35(23)30-21-34(39(9)22-26(30)4)29-20-33-31(19-25(29)3)36-28-16-11-10-15-27(28)17-18-32(36)37(5,6)38(33,7)8;1-23-13-9-12-16-28(23)32-22-38(8)35(18-25(32)3)29-21-34-30(17-24(29)2)31-19-26-14-10-11-15-27(26)20-33(31)36(4,5)37(34,6)7;1-23-13-9-11-15-27(23)32-21-33(38(8)22-24(32)2)28-19-20-30-31-18-17-26-14-10-12-16-29(26)35(31)37(6,7)36(4,5)34(30)25(28)3/h10-22H,1-9H3;2*9-22H,1-8H3/q3*+1/i1D3,2D3,4D3;;1D3,2D3. The van der Waals surface area contributed by atoms with E-state index in [0.29, 0.717) is 16.8 Å². The minimum Gasteiger partial charge on any atom is -0.201 e. The number of benzene rings is 12. The van der Waals surface area contributed by atoms with Crippen molar-refractivity contribution in [2.45, 2.75) is 184 Å². The monoisotopic (exact) mass is 1520 g/mol. The van der Waals surface area contributed by atoms with Crippen LogP contribution < -0.4 is 13.7 Å². The van der Waals surface area contributed by atoms with Gasteiger partial charge in [0.15, 0.2) is 18.6 Å². The SMILES string of the molecule is Cc1ccccc1-c1c[n+](C)c(-c2cc3c(cc2C)-c2cc4ccccc4cc2C(C)(C)C3(C)C)cc1C.[2H]C([2H])([2H])c1c[n+](C)c(-c2cc3c(cc2C)-c2c(ccc4ccccc24)C(C)(C)C3(C)C)cc1-c1c(C([2H])([2H])[2H])cccc1C([2H])([2H])[2H].[2H]C([2H])([2H])c1ccccc1-c1cc(-c2ccc3c(c2C)C(C)(C)C(C)(C)c2c-3ccc3ccccc23)[n+](C)cc1C([2H])([2H])[2H]. The Hall–Kier alpha value is -11.1. The molecule has 0 unspecified atom stereocenters. The van der Waals surface area contributed by atoms with Crippen molar-refractivity contribution in [2.75, 3.05) is 0 Å². The van der Waals surface area contributed by atoms with Gasteiger partial charge in [0.2, 0.25) is 17.1 Å². The summed E-state index contributed by atoms with van der Waals surface area (Å²) in [5.41, 5.74) is 29.5. The number of hydrogen-bond acceptors (Lipinski definition) is 0. The minimum absolute atomic E-state index is 0.0152. The Morgan fingerprint density at radius 3 is 1.26 bits per heavy atom. The second-order valence-corrected chi connectivity index (χ2v) is 36.1. The highest BCUT2D eigenvalue weighted by Gasteiger charge is 2.50. The summed E-state index contributed by atoms with van der Waals surface area (Å²) in [7, 11) is 5.82. The van der Waals surface area contributed by atoms with Crippen LogP contribution in [-0.4, -0.2) is 0 Å². The van der Waals surface area contributed by atoms with Gasteiger partial charge < -0.3 is 0 Å². The maximum Gasteiger partial charge on any atom is 0.213 e. The first kappa shape index (κ1) is 61.3. The fourth-order valence-corrected chi connectivity index (χ4v) is 19.7. The lowest BCUT2D eigenvalue weighted by Gasteiger charge is -2.49. The molecule has 3 aliphatic carbocycles. The van der Waals surface area contributed by atoms with E-state index in [0.717, 1.165) is 44.5 Å². The van der Waals surface area contributed by atoms with Crippen molar-refractivity contribution in [3.63, 3.8) is 0 Å². The fraction of sp³-hybridized carbons (Fsp3) is 0.277. The molecule has 0 bridgehead atoms. The second-order valence-electron chi connectivity index (χ2n) is 36.1. The molecule has 18 rings (SSSR count). The van der Waals surface area contributed by atoms with Gasteiger partial charge in [-0.1, -0.05) is 265 Å². The lowest BCUT2D eigenvalue weighted by atomic mass is 9.54. The van der Waals surface area contributed by atoms with E-state index in [1.807, 2.05) is 30.7 Å². The van der Waals surface area contributed by atoms with E-state index in [4.69, 9.17) is 20.6 Å². The quantitative estimate of drug-likeness (QED) is 0.147. The van der Waals surface area contributed by atoms with E-state index in [1.54, 1.807) is 48.1 Å². The van der Waals surface area contributed by atoms with Crippen LogP contribution in [0.4, 0.5) is 0 Å². The van der Waals surface area contributed by atoms with E-state index < -0.39 is 34.3 Å². The summed E-state index contributed by atoms with van der Waals surface area (Å²) in [6, 6.07) is 78.6. The van der Waals surface area contributed by atoms with E-state index in [9.17, 15) is 0 Å². The van der Waals surface area contributed by atoms with Crippen molar-refractivity contribution in [1.82, 2.24) is 0 Å². The molecule has 3 aliphatic rings. The summed E-state index contributed by atoms with van der Waals surface area (Å²) in [5, 5.41) is 7.48. The summed E-state index contributed by atoms with van der Waals surface area (Å²) in [6.07, 6.45) is 5.44. The largest absolute Gasteiger partial charge is 0.213 e. The van der Waals surface area contributed by atoms with E-state index in [-0.39, 0.29) is 71.4 Å². The van der Waals surface area contributed by atoms with Crippen molar-refractivity contribution in [1.29, 1.82) is 0 Å². The molecule has 0 spiro atoms. The van der Waals surface area contributed by atoms with Gasteiger partial charge in [0.05, 0.1) is 0 Å². The molecule has 0 N–H and O–H groups in total. The Kier molecular flexibility index (Phi) is 15.0. The van der Waals surface area contributed by atoms with Crippen LogP contribution in [0.3, 0.4) is 0 Å². The lowest BCUT2D eigenvalue weighted by molar-refractivity contribution is -0.660. The van der Waals surface area contributed by atoms with Crippen LogP contribution in [0, 0.1) is 68.9 Å². The van der Waals surface area contributed by atoms with Gasteiger partial charge in [0.25, 0.3) is 0 Å². The number of aryl methyl sites for hydroxylation is 12. The third-order valence-corrected chi connectivity index (χ3v) is 28.3. The number of nitrogens with zero attached hydrogens (tertiary/aromatic N) is 3. The maximum absolute atomic E-state index is 8.42. The van der Waals surface area contributed by atoms with Crippen molar-refractivity contribution >= 4 is 32.3 Å². The lowest BCUT2D eigenvalue weighted by Crippen LogP contribution is -2.44. The second kappa shape index (κ2) is 28.1. The number of fused-ring (bicyclic) bond motifs is 14. The van der Waals surface area contributed by atoms with Crippen LogP contribution in [0.5, 0.6) is 0 Å². The molecule has 0 amide bonds. The highest BCUT2D eigenvalue weighted by atomic mass is 14.9. The van der Waals surface area contributed by atoms with Crippen LogP contribution in [0.1, 0.15) is 193 Å². The first-order valence-corrected chi connectivity index (χ1v) is 40.5. The number of aromatic nitrogens is 3. The average molecular weight is 1520 g/mol. The zero-order chi connectivity index (χ0) is 94.3. The highest BCUT2D eigenvalue weighted by molar-refractivity contribution is 6.02. The van der Waals surface area contributed by atoms with Crippen LogP contribution in [0.15, 0.2) is 249 Å². The van der Waals surface area contributed by atoms with Crippen LogP contribution in [-0.2, 0) is 53.6 Å². The third kappa shape index (κ3) is 12.3. The molecule has 115 heavy (non-hydrogen) atoms. The Balaban J connectivity index is 0.000000144. The minimum atomic E-state index is -2.69. The zero-order valence-electron chi connectivity index (χ0n) is 85.5. The summed E-state index contributed by atoms with van der Waals surface area (Å²) < 4.78 is 130. The van der Waals surface area contributed by atoms with Crippen LogP contribution in [0.25, 0.3) is 133 Å². The Bertz CT molecular complexity index is 7150. The van der Waals surface area contributed by atoms with Gasteiger partial charge in [-0.2, -0.15) is 0 Å². The molecule has 0 atom stereocenters. The molecule has 0 saturated carbocycles.